The molecular formula is C9H11N3O2. The third kappa shape index (κ3) is 2.09. The summed E-state index contributed by atoms with van der Waals surface area (Å²) in [7, 11) is 0. The Bertz CT molecular complexity index is 351. The van der Waals surface area contributed by atoms with E-state index in [1.807, 2.05) is 6.07 Å². The van der Waals surface area contributed by atoms with Crippen molar-refractivity contribution >= 4 is 0 Å². The molecule has 1 saturated carbocycles. The highest BCUT2D eigenvalue weighted by atomic mass is 16.5. The van der Waals surface area contributed by atoms with Crippen molar-refractivity contribution in [3.05, 3.63) is 11.7 Å². The minimum atomic E-state index is -0.701. The highest BCUT2D eigenvalue weighted by Gasteiger charge is 2.28. The van der Waals surface area contributed by atoms with Gasteiger partial charge in [0.05, 0.1) is 25.0 Å². The molecule has 1 aliphatic carbocycles. The van der Waals surface area contributed by atoms with Crippen molar-refractivity contribution in [2.24, 2.45) is 0 Å². The fourth-order valence-electron chi connectivity index (χ4n) is 1.24. The van der Waals surface area contributed by atoms with Crippen LogP contribution in [0.25, 0.3) is 0 Å². The van der Waals surface area contributed by atoms with Gasteiger partial charge in [-0.2, -0.15) is 10.2 Å². The first-order valence-corrected chi connectivity index (χ1v) is 4.67. The van der Waals surface area contributed by atoms with Gasteiger partial charge >= 0.3 is 0 Å². The normalized spacial score (nSPS) is 17.7. The van der Waals surface area contributed by atoms with Crippen LogP contribution in [0.4, 0.5) is 0 Å². The topological polar surface area (TPSA) is 82.9 Å². The molecule has 0 radical (unpaired) electrons. The lowest BCUT2D eigenvalue weighted by atomic mass is 10.2. The molecule has 0 bridgehead atoms. The number of aromatic nitrogens is 2. The number of hydrogen-bond donors (Lipinski definition) is 1. The minimum absolute atomic E-state index is 0.0984. The second kappa shape index (κ2) is 3.76. The third-order valence-corrected chi connectivity index (χ3v) is 2.16. The first-order valence-electron chi connectivity index (χ1n) is 4.67. The molecule has 74 valence electrons. The number of nitrogens with zero attached hydrogens (tertiary/aromatic N) is 3. The fourth-order valence-corrected chi connectivity index (χ4v) is 1.24. The van der Waals surface area contributed by atoms with E-state index >= 15 is 0 Å². The van der Waals surface area contributed by atoms with E-state index < -0.39 is 6.10 Å². The molecule has 1 N–H and O–H groups in total. The number of aliphatic hydroxyl groups excluding tert-OH is 1. The average molecular weight is 193 g/mol. The molecule has 0 aliphatic heterocycles. The van der Waals surface area contributed by atoms with Gasteiger partial charge in [0.15, 0.2) is 5.82 Å². The second-order valence-electron chi connectivity index (χ2n) is 3.54. The van der Waals surface area contributed by atoms with Crippen molar-refractivity contribution in [1.82, 2.24) is 10.1 Å². The smallest absolute Gasteiger partial charge is 0.229 e. The van der Waals surface area contributed by atoms with E-state index in [-0.39, 0.29) is 12.8 Å². The fraction of sp³-hybridized carbons (Fsp3) is 0.667. The van der Waals surface area contributed by atoms with Crippen molar-refractivity contribution in [1.29, 1.82) is 5.26 Å². The van der Waals surface area contributed by atoms with Gasteiger partial charge in [-0.05, 0) is 12.8 Å². The van der Waals surface area contributed by atoms with Gasteiger partial charge in [0.1, 0.15) is 0 Å². The Morgan fingerprint density at radius 1 is 1.64 bits per heavy atom. The average Bonchev–Trinajstić information content (AvgIpc) is 2.89. The molecule has 1 aromatic rings. The van der Waals surface area contributed by atoms with E-state index in [2.05, 4.69) is 10.1 Å². The lowest BCUT2D eigenvalue weighted by Gasteiger charge is -1.99. The van der Waals surface area contributed by atoms with Crippen LogP contribution in [-0.2, 0) is 6.42 Å². The van der Waals surface area contributed by atoms with Gasteiger partial charge in [-0.1, -0.05) is 5.16 Å². The molecule has 1 unspecified atom stereocenters. The molecule has 2 rings (SSSR count). The van der Waals surface area contributed by atoms with Crippen LogP contribution in [0.3, 0.4) is 0 Å². The summed E-state index contributed by atoms with van der Waals surface area (Å²) in [6.07, 6.45) is 1.92. The van der Waals surface area contributed by atoms with Gasteiger partial charge in [0, 0.05) is 5.92 Å². The van der Waals surface area contributed by atoms with E-state index in [1.165, 1.54) is 0 Å². The van der Waals surface area contributed by atoms with Crippen LogP contribution in [0.1, 0.15) is 36.9 Å². The second-order valence-corrected chi connectivity index (χ2v) is 3.54. The van der Waals surface area contributed by atoms with Gasteiger partial charge in [-0.15, -0.1) is 0 Å². The third-order valence-electron chi connectivity index (χ3n) is 2.16. The Morgan fingerprint density at radius 2 is 2.43 bits per heavy atom. The summed E-state index contributed by atoms with van der Waals surface area (Å²) in [5.41, 5.74) is 0. The summed E-state index contributed by atoms with van der Waals surface area (Å²) in [4.78, 5) is 4.15. The number of rotatable bonds is 4. The van der Waals surface area contributed by atoms with Crippen molar-refractivity contribution in [3.8, 4) is 6.07 Å². The number of aliphatic hydroxyl groups is 1. The zero-order valence-corrected chi connectivity index (χ0v) is 7.68. The molecule has 1 atom stereocenters. The van der Waals surface area contributed by atoms with Crippen molar-refractivity contribution < 1.29 is 9.63 Å². The van der Waals surface area contributed by atoms with Crippen molar-refractivity contribution in [2.45, 2.75) is 37.7 Å². The predicted molar refractivity (Wildman–Crippen MR) is 46.2 cm³/mol. The highest BCUT2D eigenvalue weighted by molar-refractivity contribution is 5.03. The molecule has 1 fully saturated rings. The van der Waals surface area contributed by atoms with E-state index in [1.54, 1.807) is 0 Å². The van der Waals surface area contributed by atoms with Gasteiger partial charge in [0.25, 0.3) is 0 Å². The van der Waals surface area contributed by atoms with Gasteiger partial charge in [-0.25, -0.2) is 0 Å². The zero-order chi connectivity index (χ0) is 9.97. The molecule has 1 aliphatic rings. The summed E-state index contributed by atoms with van der Waals surface area (Å²) in [6, 6.07) is 1.89. The lowest BCUT2D eigenvalue weighted by molar-refractivity contribution is 0.167. The Balaban J connectivity index is 1.92. The number of nitriles is 1. The monoisotopic (exact) mass is 193 g/mol. The summed E-state index contributed by atoms with van der Waals surface area (Å²) in [5.74, 6) is 1.62. The summed E-state index contributed by atoms with van der Waals surface area (Å²) >= 11 is 0. The molecule has 0 spiro atoms. The Labute approximate surface area is 81.4 Å². The minimum Gasteiger partial charge on any atom is -0.392 e. The van der Waals surface area contributed by atoms with Crippen LogP contribution in [0, 0.1) is 11.3 Å². The van der Waals surface area contributed by atoms with Crippen molar-refractivity contribution in [3.63, 3.8) is 0 Å². The predicted octanol–water partition coefficient (Wildman–Crippen LogP) is 0.764. The molecule has 14 heavy (non-hydrogen) atoms. The van der Waals surface area contributed by atoms with E-state index in [9.17, 15) is 5.11 Å². The molecule has 1 aromatic heterocycles. The van der Waals surface area contributed by atoms with E-state index in [0.717, 1.165) is 18.7 Å². The first-order chi connectivity index (χ1) is 6.79. The summed E-state index contributed by atoms with van der Waals surface area (Å²) in [6.45, 7) is 0. The van der Waals surface area contributed by atoms with Crippen LogP contribution in [0.2, 0.25) is 0 Å². The molecule has 1 heterocycles. The van der Waals surface area contributed by atoms with Crippen LogP contribution in [0.5, 0.6) is 0 Å². The molecule has 0 saturated heterocycles. The Hall–Kier alpha value is -1.41. The van der Waals surface area contributed by atoms with Crippen LogP contribution in [0.15, 0.2) is 4.52 Å². The molecule has 0 aromatic carbocycles. The summed E-state index contributed by atoms with van der Waals surface area (Å²) < 4.78 is 4.95. The maximum atomic E-state index is 9.32. The summed E-state index contributed by atoms with van der Waals surface area (Å²) in [5, 5.41) is 21.5. The molecule has 5 nitrogen and oxygen atoms in total. The van der Waals surface area contributed by atoms with Crippen LogP contribution in [-0.4, -0.2) is 21.4 Å². The Morgan fingerprint density at radius 3 is 3.07 bits per heavy atom. The first kappa shape index (κ1) is 9.16. The molecular weight excluding hydrogens is 182 g/mol. The van der Waals surface area contributed by atoms with Crippen LogP contribution >= 0.6 is 0 Å². The van der Waals surface area contributed by atoms with E-state index in [4.69, 9.17) is 9.78 Å². The largest absolute Gasteiger partial charge is 0.392 e. The molecule has 0 amide bonds. The maximum Gasteiger partial charge on any atom is 0.229 e. The van der Waals surface area contributed by atoms with Gasteiger partial charge < -0.3 is 9.63 Å². The standard InChI is InChI=1S/C9H11N3O2/c10-4-3-7(13)5-8-11-9(12-14-8)6-1-2-6/h6-7,13H,1-3,5H2. The van der Waals surface area contributed by atoms with Gasteiger partial charge in [0.2, 0.25) is 5.89 Å². The lowest BCUT2D eigenvalue weighted by Crippen LogP contribution is -2.09. The maximum absolute atomic E-state index is 9.32. The SMILES string of the molecule is N#CCC(O)Cc1nc(C2CC2)no1. The van der Waals surface area contributed by atoms with E-state index in [0.29, 0.717) is 11.8 Å². The zero-order valence-electron chi connectivity index (χ0n) is 7.68. The highest BCUT2D eigenvalue weighted by Crippen LogP contribution is 2.38. The van der Waals surface area contributed by atoms with Gasteiger partial charge in [-0.3, -0.25) is 0 Å². The number of hydrogen-bond acceptors (Lipinski definition) is 5. The molecule has 5 heteroatoms. The van der Waals surface area contributed by atoms with Crippen LogP contribution < -0.4 is 0 Å². The quantitative estimate of drug-likeness (QED) is 0.763. The van der Waals surface area contributed by atoms with Crippen molar-refractivity contribution in [2.75, 3.05) is 0 Å². The Kier molecular flexibility index (Phi) is 2.46.